The predicted molar refractivity (Wildman–Crippen MR) is 79.2 cm³/mol. The van der Waals surface area contributed by atoms with E-state index in [1.165, 1.54) is 12.8 Å². The first-order chi connectivity index (χ1) is 9.36. The van der Waals surface area contributed by atoms with E-state index >= 15 is 0 Å². The van der Waals surface area contributed by atoms with Gasteiger partial charge in [0.25, 0.3) is 0 Å². The summed E-state index contributed by atoms with van der Waals surface area (Å²) in [5.41, 5.74) is 0.652. The molecule has 3 heteroatoms. The van der Waals surface area contributed by atoms with Crippen LogP contribution in [0, 0.1) is 11.3 Å². The van der Waals surface area contributed by atoms with E-state index in [1.807, 2.05) is 6.07 Å². The fourth-order valence-electron chi connectivity index (χ4n) is 2.94. The molecule has 1 aromatic rings. The number of hydrogen-bond acceptors (Lipinski definition) is 2. The molecule has 1 N–H and O–H groups in total. The van der Waals surface area contributed by atoms with Crippen molar-refractivity contribution in [2.45, 2.75) is 52.6 Å². The van der Waals surface area contributed by atoms with Gasteiger partial charge in [0.1, 0.15) is 5.75 Å². The van der Waals surface area contributed by atoms with Crippen LogP contribution in [0.1, 0.15) is 56.8 Å². The Bertz CT molecular complexity index is 465. The summed E-state index contributed by atoms with van der Waals surface area (Å²) in [4.78, 5) is 10.9. The van der Waals surface area contributed by atoms with Gasteiger partial charge in [0, 0.05) is 0 Å². The summed E-state index contributed by atoms with van der Waals surface area (Å²) >= 11 is 0. The van der Waals surface area contributed by atoms with E-state index in [0.29, 0.717) is 11.2 Å². The van der Waals surface area contributed by atoms with Crippen LogP contribution in [-0.4, -0.2) is 17.2 Å². The minimum Gasteiger partial charge on any atom is -0.490 e. The smallest absolute Gasteiger partial charge is 0.335 e. The number of rotatable bonds is 3. The lowest BCUT2D eigenvalue weighted by Crippen LogP contribution is -2.30. The Hall–Kier alpha value is -1.51. The van der Waals surface area contributed by atoms with Gasteiger partial charge in [-0.25, -0.2) is 4.79 Å². The molecule has 1 fully saturated rings. The third-order valence-electron chi connectivity index (χ3n) is 4.28. The number of carbonyl (C=O) groups is 1. The molecule has 0 aromatic heterocycles. The molecule has 110 valence electrons. The number of ether oxygens (including phenoxy) is 1. The molecule has 0 aliphatic heterocycles. The van der Waals surface area contributed by atoms with E-state index < -0.39 is 5.97 Å². The highest BCUT2D eigenvalue weighted by Crippen LogP contribution is 2.38. The van der Waals surface area contributed by atoms with Crippen LogP contribution < -0.4 is 4.74 Å². The minimum absolute atomic E-state index is 0.220. The molecule has 0 amide bonds. The summed E-state index contributed by atoms with van der Waals surface area (Å²) in [6, 6.07) is 6.77. The SMILES string of the molecule is CC(C)(C)[C@H]1CC[C@@H](Oc2cccc(C(=O)O)c2)CC1. The lowest BCUT2D eigenvalue weighted by Gasteiger charge is -2.36. The molecule has 0 unspecified atom stereocenters. The zero-order valence-corrected chi connectivity index (χ0v) is 12.6. The van der Waals surface area contributed by atoms with Crippen LogP contribution in [0.4, 0.5) is 0 Å². The van der Waals surface area contributed by atoms with E-state index in [1.54, 1.807) is 18.2 Å². The van der Waals surface area contributed by atoms with Crippen LogP contribution in [0.25, 0.3) is 0 Å². The van der Waals surface area contributed by atoms with E-state index in [2.05, 4.69) is 20.8 Å². The summed E-state index contributed by atoms with van der Waals surface area (Å²) in [6.07, 6.45) is 4.70. The Balaban J connectivity index is 1.93. The van der Waals surface area contributed by atoms with Crippen LogP contribution in [0.2, 0.25) is 0 Å². The Morgan fingerprint density at radius 2 is 1.85 bits per heavy atom. The molecule has 0 atom stereocenters. The maximum atomic E-state index is 10.9. The van der Waals surface area contributed by atoms with Crippen LogP contribution in [0.15, 0.2) is 24.3 Å². The molecule has 0 saturated heterocycles. The Morgan fingerprint density at radius 1 is 1.20 bits per heavy atom. The van der Waals surface area contributed by atoms with Crippen LogP contribution in [0.3, 0.4) is 0 Å². The number of carboxylic acids is 1. The molecule has 0 bridgehead atoms. The average molecular weight is 276 g/mol. The summed E-state index contributed by atoms with van der Waals surface area (Å²) in [5.74, 6) is 0.517. The Labute approximate surface area is 121 Å². The quantitative estimate of drug-likeness (QED) is 0.891. The average Bonchev–Trinajstić information content (AvgIpc) is 2.38. The second-order valence-corrected chi connectivity index (χ2v) is 6.79. The first-order valence-corrected chi connectivity index (χ1v) is 7.36. The number of benzene rings is 1. The van der Waals surface area contributed by atoms with Crippen LogP contribution in [-0.2, 0) is 0 Å². The van der Waals surface area contributed by atoms with Gasteiger partial charge in [-0.05, 0) is 55.2 Å². The van der Waals surface area contributed by atoms with Crippen molar-refractivity contribution in [2.24, 2.45) is 11.3 Å². The third-order valence-corrected chi connectivity index (χ3v) is 4.28. The lowest BCUT2D eigenvalue weighted by molar-refractivity contribution is 0.0693. The highest BCUT2D eigenvalue weighted by atomic mass is 16.5. The molecule has 2 rings (SSSR count). The van der Waals surface area contributed by atoms with Gasteiger partial charge < -0.3 is 9.84 Å². The molecule has 0 spiro atoms. The molecule has 1 aliphatic rings. The van der Waals surface area contributed by atoms with Gasteiger partial charge in [-0.15, -0.1) is 0 Å². The topological polar surface area (TPSA) is 46.5 Å². The Morgan fingerprint density at radius 3 is 2.40 bits per heavy atom. The molecule has 20 heavy (non-hydrogen) atoms. The molecule has 1 saturated carbocycles. The standard InChI is InChI=1S/C17H24O3/c1-17(2,3)13-7-9-14(10-8-13)20-15-6-4-5-12(11-15)16(18)19/h4-6,11,13-14H,7-10H2,1-3H3,(H,18,19)/t13-,14+. The number of hydrogen-bond donors (Lipinski definition) is 1. The lowest BCUT2D eigenvalue weighted by atomic mass is 9.72. The molecule has 1 aliphatic carbocycles. The second-order valence-electron chi connectivity index (χ2n) is 6.79. The fourth-order valence-corrected chi connectivity index (χ4v) is 2.94. The minimum atomic E-state index is -0.910. The molecule has 1 aromatic carbocycles. The monoisotopic (exact) mass is 276 g/mol. The number of aromatic carboxylic acids is 1. The maximum absolute atomic E-state index is 10.9. The molecular formula is C17H24O3. The van der Waals surface area contributed by atoms with Crippen LogP contribution >= 0.6 is 0 Å². The first-order valence-electron chi connectivity index (χ1n) is 7.36. The first kappa shape index (κ1) is 14.9. The van der Waals surface area contributed by atoms with E-state index in [-0.39, 0.29) is 11.7 Å². The normalized spacial score (nSPS) is 23.4. The second kappa shape index (κ2) is 5.86. The van der Waals surface area contributed by atoms with Crippen LogP contribution in [0.5, 0.6) is 5.75 Å². The molecule has 3 nitrogen and oxygen atoms in total. The molecule has 0 heterocycles. The van der Waals surface area contributed by atoms with Gasteiger partial charge >= 0.3 is 5.97 Å². The van der Waals surface area contributed by atoms with Crippen molar-refractivity contribution in [3.05, 3.63) is 29.8 Å². The van der Waals surface area contributed by atoms with Crippen molar-refractivity contribution in [3.63, 3.8) is 0 Å². The van der Waals surface area contributed by atoms with Gasteiger partial charge in [0.2, 0.25) is 0 Å². The zero-order chi connectivity index (χ0) is 14.8. The summed E-state index contributed by atoms with van der Waals surface area (Å²) in [7, 11) is 0. The van der Waals surface area contributed by atoms with Gasteiger partial charge in [-0.1, -0.05) is 26.8 Å². The van der Waals surface area contributed by atoms with Crippen molar-refractivity contribution >= 4 is 5.97 Å². The zero-order valence-electron chi connectivity index (χ0n) is 12.6. The van der Waals surface area contributed by atoms with Gasteiger partial charge in [-0.3, -0.25) is 0 Å². The largest absolute Gasteiger partial charge is 0.490 e. The highest BCUT2D eigenvalue weighted by molar-refractivity contribution is 5.87. The fraction of sp³-hybridized carbons (Fsp3) is 0.588. The van der Waals surface area contributed by atoms with Crippen molar-refractivity contribution in [1.29, 1.82) is 0 Å². The van der Waals surface area contributed by atoms with Crippen molar-refractivity contribution in [1.82, 2.24) is 0 Å². The van der Waals surface area contributed by atoms with E-state index in [0.717, 1.165) is 18.8 Å². The third kappa shape index (κ3) is 3.75. The van der Waals surface area contributed by atoms with Gasteiger partial charge in [0.15, 0.2) is 0 Å². The number of carboxylic acid groups (broad SMARTS) is 1. The van der Waals surface area contributed by atoms with Crippen molar-refractivity contribution in [3.8, 4) is 5.75 Å². The van der Waals surface area contributed by atoms with E-state index in [9.17, 15) is 4.79 Å². The molecular weight excluding hydrogens is 252 g/mol. The van der Waals surface area contributed by atoms with Crippen molar-refractivity contribution in [2.75, 3.05) is 0 Å². The summed E-state index contributed by atoms with van der Waals surface area (Å²) in [5, 5.41) is 8.98. The summed E-state index contributed by atoms with van der Waals surface area (Å²) in [6.45, 7) is 6.90. The van der Waals surface area contributed by atoms with Crippen molar-refractivity contribution < 1.29 is 14.6 Å². The highest BCUT2D eigenvalue weighted by Gasteiger charge is 2.30. The summed E-state index contributed by atoms with van der Waals surface area (Å²) < 4.78 is 5.94. The Kier molecular flexibility index (Phi) is 4.36. The van der Waals surface area contributed by atoms with Gasteiger partial charge in [0.05, 0.1) is 11.7 Å². The van der Waals surface area contributed by atoms with Gasteiger partial charge in [-0.2, -0.15) is 0 Å². The predicted octanol–water partition coefficient (Wildman–Crippen LogP) is 4.37. The molecule has 0 radical (unpaired) electrons. The van der Waals surface area contributed by atoms with E-state index in [4.69, 9.17) is 9.84 Å². The maximum Gasteiger partial charge on any atom is 0.335 e.